The third kappa shape index (κ3) is 1.07. The predicted molar refractivity (Wildman–Crippen MR) is 39.1 cm³/mol. The Morgan fingerprint density at radius 1 is 0.812 bits per heavy atom. The standard InChI is InChI=1S/C7H6BF8/c9-6(10,7(11,12)13)4-1-5(2-4,3-4)8(14,15)16/h1-3H2/q-1. The summed E-state index contributed by atoms with van der Waals surface area (Å²) < 4.78 is 98.6. The van der Waals surface area contributed by atoms with E-state index in [-0.39, 0.29) is 0 Å². The van der Waals surface area contributed by atoms with Crippen LogP contribution in [0.3, 0.4) is 0 Å². The van der Waals surface area contributed by atoms with E-state index in [1.807, 2.05) is 0 Å². The summed E-state index contributed by atoms with van der Waals surface area (Å²) >= 11 is 0. The van der Waals surface area contributed by atoms with Crippen LogP contribution in [0.5, 0.6) is 0 Å². The molecule has 0 aromatic rings. The molecule has 0 radical (unpaired) electrons. The molecule has 3 aliphatic rings. The van der Waals surface area contributed by atoms with Crippen LogP contribution < -0.4 is 0 Å². The van der Waals surface area contributed by atoms with Crippen molar-refractivity contribution < 1.29 is 34.9 Å². The number of hydrogen-bond acceptors (Lipinski definition) is 0. The van der Waals surface area contributed by atoms with Gasteiger partial charge in [0.1, 0.15) is 0 Å². The van der Waals surface area contributed by atoms with Gasteiger partial charge in [0.2, 0.25) is 0 Å². The van der Waals surface area contributed by atoms with Gasteiger partial charge in [-0.3, -0.25) is 0 Å². The average Bonchev–Trinajstić information content (AvgIpc) is 1.70. The molecule has 0 aromatic heterocycles. The van der Waals surface area contributed by atoms with Gasteiger partial charge >= 0.3 is 19.1 Å². The molecule has 0 aromatic carbocycles. The topological polar surface area (TPSA) is 0 Å². The molecule has 0 unspecified atom stereocenters. The van der Waals surface area contributed by atoms with Crippen molar-refractivity contribution in [2.45, 2.75) is 36.7 Å². The van der Waals surface area contributed by atoms with Crippen molar-refractivity contribution in [1.82, 2.24) is 0 Å². The molecular formula is C7H6BF8-. The van der Waals surface area contributed by atoms with Crippen molar-refractivity contribution in [3.63, 3.8) is 0 Å². The summed E-state index contributed by atoms with van der Waals surface area (Å²) in [5.74, 6) is -5.01. The maximum Gasteiger partial charge on any atom is 0.484 e. The van der Waals surface area contributed by atoms with Gasteiger partial charge in [-0.25, -0.2) is 0 Å². The van der Waals surface area contributed by atoms with Crippen molar-refractivity contribution in [1.29, 1.82) is 0 Å². The Balaban J connectivity index is 2.15. The van der Waals surface area contributed by atoms with E-state index in [1.54, 1.807) is 0 Å². The second kappa shape index (κ2) is 2.50. The Morgan fingerprint density at radius 2 is 1.19 bits per heavy atom. The first-order valence-electron chi connectivity index (χ1n) is 4.51. The van der Waals surface area contributed by atoms with Crippen LogP contribution in [0.15, 0.2) is 0 Å². The van der Waals surface area contributed by atoms with Gasteiger partial charge < -0.3 is 12.9 Å². The smallest absolute Gasteiger partial charge is 0.449 e. The molecule has 94 valence electrons. The van der Waals surface area contributed by atoms with Crippen LogP contribution >= 0.6 is 0 Å². The van der Waals surface area contributed by atoms with E-state index in [2.05, 4.69) is 0 Å². The first-order chi connectivity index (χ1) is 6.87. The lowest BCUT2D eigenvalue weighted by Gasteiger charge is -2.76. The fraction of sp³-hybridized carbons (Fsp3) is 1.00. The van der Waals surface area contributed by atoms with Gasteiger partial charge in [-0.05, 0) is 0 Å². The van der Waals surface area contributed by atoms with Crippen molar-refractivity contribution >= 4 is 6.98 Å². The molecule has 2 bridgehead atoms. The Morgan fingerprint density at radius 3 is 1.44 bits per heavy atom. The summed E-state index contributed by atoms with van der Waals surface area (Å²) in [6.07, 6.45) is -9.03. The minimum atomic E-state index is -5.77. The summed E-state index contributed by atoms with van der Waals surface area (Å²) in [6.45, 7) is -5.33. The van der Waals surface area contributed by atoms with Gasteiger partial charge in [0.05, 0.1) is 0 Å². The molecule has 0 nitrogen and oxygen atoms in total. The van der Waals surface area contributed by atoms with E-state index in [9.17, 15) is 34.9 Å². The molecule has 0 spiro atoms. The van der Waals surface area contributed by atoms with Gasteiger partial charge in [0, 0.05) is 5.41 Å². The second-order valence-electron chi connectivity index (χ2n) is 4.82. The van der Waals surface area contributed by atoms with E-state index < -0.39 is 49.1 Å². The highest BCUT2D eigenvalue weighted by atomic mass is 19.4. The largest absolute Gasteiger partial charge is 0.484 e. The summed E-state index contributed by atoms with van der Waals surface area (Å²) in [6, 6.07) is 0. The van der Waals surface area contributed by atoms with Crippen LogP contribution in [-0.4, -0.2) is 19.1 Å². The van der Waals surface area contributed by atoms with Gasteiger partial charge in [-0.1, -0.05) is 24.6 Å². The lowest BCUT2D eigenvalue weighted by Crippen LogP contribution is -2.73. The molecule has 3 fully saturated rings. The van der Waals surface area contributed by atoms with Crippen LogP contribution in [0.4, 0.5) is 34.9 Å². The third-order valence-electron chi connectivity index (χ3n) is 3.79. The maximum atomic E-state index is 12.9. The number of alkyl halides is 5. The normalized spacial score (nSPS) is 39.0. The molecule has 0 saturated heterocycles. The van der Waals surface area contributed by atoms with Crippen molar-refractivity contribution in [2.24, 2.45) is 5.41 Å². The van der Waals surface area contributed by atoms with E-state index >= 15 is 0 Å². The molecule has 3 rings (SSSR count). The lowest BCUT2D eigenvalue weighted by atomic mass is 9.23. The van der Waals surface area contributed by atoms with Crippen LogP contribution in [0, 0.1) is 5.41 Å². The van der Waals surface area contributed by atoms with Crippen LogP contribution in [-0.2, 0) is 0 Å². The second-order valence-corrected chi connectivity index (χ2v) is 4.82. The highest BCUT2D eigenvalue weighted by Gasteiger charge is 2.86. The summed E-state index contributed by atoms with van der Waals surface area (Å²) in [4.78, 5) is 0. The molecule has 3 saturated carbocycles. The quantitative estimate of drug-likeness (QED) is 0.516. The molecule has 0 amide bonds. The summed E-state index contributed by atoms with van der Waals surface area (Å²) in [5.41, 5.74) is -2.50. The zero-order valence-electron chi connectivity index (χ0n) is 7.72. The van der Waals surface area contributed by atoms with Crippen molar-refractivity contribution in [3.8, 4) is 0 Å². The van der Waals surface area contributed by atoms with E-state index in [0.717, 1.165) is 0 Å². The fourth-order valence-electron chi connectivity index (χ4n) is 2.85. The molecule has 9 heteroatoms. The third-order valence-corrected chi connectivity index (χ3v) is 3.79. The van der Waals surface area contributed by atoms with E-state index in [4.69, 9.17) is 0 Å². The number of hydrogen-bond donors (Lipinski definition) is 0. The van der Waals surface area contributed by atoms with Crippen molar-refractivity contribution in [2.75, 3.05) is 0 Å². The minimum absolute atomic E-state index is 1.09. The zero-order valence-corrected chi connectivity index (χ0v) is 7.72. The molecule has 0 atom stereocenters. The Kier molecular flexibility index (Phi) is 1.87. The van der Waals surface area contributed by atoms with Gasteiger partial charge in [0.25, 0.3) is 0 Å². The maximum absolute atomic E-state index is 12.9. The fourth-order valence-corrected chi connectivity index (χ4v) is 2.85. The Hall–Kier alpha value is -0.495. The van der Waals surface area contributed by atoms with Crippen LogP contribution in [0.25, 0.3) is 0 Å². The predicted octanol–water partition coefficient (Wildman–Crippen LogP) is 3.96. The summed E-state index contributed by atoms with van der Waals surface area (Å²) in [7, 11) is 0. The SMILES string of the molecule is F[B-](F)(F)C12CC(C(F)(F)C(F)(F)F)(C1)C2. The van der Waals surface area contributed by atoms with Gasteiger partial charge in [-0.15, -0.1) is 0 Å². The van der Waals surface area contributed by atoms with E-state index in [1.165, 1.54) is 0 Å². The van der Waals surface area contributed by atoms with E-state index in [0.29, 0.717) is 0 Å². The highest BCUT2D eigenvalue weighted by Crippen LogP contribution is 2.87. The lowest BCUT2D eigenvalue weighted by molar-refractivity contribution is -0.379. The van der Waals surface area contributed by atoms with Gasteiger partial charge in [-0.2, -0.15) is 22.0 Å². The Labute approximate surface area is 85.0 Å². The minimum Gasteiger partial charge on any atom is -0.449 e. The monoisotopic (exact) mass is 253 g/mol. The molecule has 0 heterocycles. The average molecular weight is 253 g/mol. The zero-order chi connectivity index (χ0) is 12.6. The van der Waals surface area contributed by atoms with Crippen LogP contribution in [0.1, 0.15) is 19.3 Å². The van der Waals surface area contributed by atoms with Crippen molar-refractivity contribution in [3.05, 3.63) is 0 Å². The molecular weight excluding hydrogens is 247 g/mol. The molecule has 16 heavy (non-hydrogen) atoms. The van der Waals surface area contributed by atoms with Gasteiger partial charge in [0.15, 0.2) is 0 Å². The number of halogens is 8. The molecule has 3 aliphatic carbocycles. The first-order valence-corrected chi connectivity index (χ1v) is 4.51. The van der Waals surface area contributed by atoms with Crippen LogP contribution in [0.2, 0.25) is 5.31 Å². The Bertz CT molecular complexity index is 306. The number of rotatable bonds is 2. The first kappa shape index (κ1) is 12.0. The highest BCUT2D eigenvalue weighted by molar-refractivity contribution is 6.63. The summed E-state index contributed by atoms with van der Waals surface area (Å²) in [5, 5.41) is -2.23. The molecule has 0 aliphatic heterocycles. The molecule has 0 N–H and O–H groups in total.